The molecule has 1 unspecified atom stereocenters. The second-order valence-electron chi connectivity index (χ2n) is 7.32. The first-order valence-electron chi connectivity index (χ1n) is 11.4. The van der Waals surface area contributed by atoms with Crippen LogP contribution < -0.4 is 10.2 Å². The van der Waals surface area contributed by atoms with Gasteiger partial charge in [-0.25, -0.2) is 9.18 Å². The largest absolute Gasteiger partial charge is 0.464 e. The van der Waals surface area contributed by atoms with Crippen molar-refractivity contribution in [1.29, 1.82) is 0 Å². The van der Waals surface area contributed by atoms with Gasteiger partial charge in [-0.15, -0.1) is 0 Å². The van der Waals surface area contributed by atoms with Crippen molar-refractivity contribution in [2.24, 2.45) is 0 Å². The number of nitrogens with zero attached hydrogens (tertiary/aromatic N) is 1. The molecular formula is C26H29FN2O6. The van der Waals surface area contributed by atoms with Crippen LogP contribution in [0.5, 0.6) is 5.75 Å². The van der Waals surface area contributed by atoms with E-state index in [4.69, 9.17) is 23.6 Å². The summed E-state index contributed by atoms with van der Waals surface area (Å²) in [7, 11) is 0. The predicted molar refractivity (Wildman–Crippen MR) is 127 cm³/mol. The van der Waals surface area contributed by atoms with Gasteiger partial charge in [0.05, 0.1) is 13.2 Å². The first-order chi connectivity index (χ1) is 17.0. The lowest BCUT2D eigenvalue weighted by Gasteiger charge is -2.16. The lowest BCUT2D eigenvalue weighted by Crippen LogP contribution is -2.29. The van der Waals surface area contributed by atoms with E-state index in [2.05, 4.69) is 10.6 Å². The number of aromatic nitrogens is 1. The Morgan fingerprint density at radius 2 is 1.89 bits per heavy atom. The van der Waals surface area contributed by atoms with Crippen molar-refractivity contribution in [2.75, 3.05) is 19.8 Å². The Morgan fingerprint density at radius 3 is 2.60 bits per heavy atom. The minimum absolute atomic E-state index is 0.288. The van der Waals surface area contributed by atoms with E-state index in [0.717, 1.165) is 5.56 Å². The third-order valence-corrected chi connectivity index (χ3v) is 4.79. The Morgan fingerprint density at radius 1 is 1.09 bits per heavy atom. The van der Waals surface area contributed by atoms with Crippen molar-refractivity contribution in [3.63, 3.8) is 0 Å². The summed E-state index contributed by atoms with van der Waals surface area (Å²) in [6.45, 7) is 6.50. The van der Waals surface area contributed by atoms with Crippen molar-refractivity contribution >= 4 is 11.7 Å². The Balaban J connectivity index is 1.76. The Hall–Kier alpha value is -3.69. The molecule has 2 aromatic carbocycles. The number of hydrogen-bond acceptors (Lipinski definition) is 8. The predicted octanol–water partition coefficient (Wildman–Crippen LogP) is 4.91. The Bertz CT molecular complexity index is 1110. The van der Waals surface area contributed by atoms with Gasteiger partial charge in [-0.2, -0.15) is 0 Å². The van der Waals surface area contributed by atoms with Gasteiger partial charge < -0.3 is 18.7 Å². The van der Waals surface area contributed by atoms with Crippen molar-refractivity contribution in [3.05, 3.63) is 78.0 Å². The zero-order chi connectivity index (χ0) is 25.0. The lowest BCUT2D eigenvalue weighted by molar-refractivity contribution is -0.156. The maximum Gasteiger partial charge on any atom is 0.335 e. The van der Waals surface area contributed by atoms with Gasteiger partial charge in [0.15, 0.2) is 11.9 Å². The van der Waals surface area contributed by atoms with Crippen molar-refractivity contribution in [3.8, 4) is 17.0 Å². The highest BCUT2D eigenvalue weighted by Crippen LogP contribution is 2.24. The topological polar surface area (TPSA) is 92.0 Å². The van der Waals surface area contributed by atoms with Crippen LogP contribution in [-0.4, -0.2) is 37.1 Å². The molecule has 1 aromatic heterocycles. The molecule has 1 N–H and O–H groups in total. The third-order valence-electron chi connectivity index (χ3n) is 4.79. The summed E-state index contributed by atoms with van der Waals surface area (Å²) in [5.41, 5.74) is 5.27. The molecule has 3 rings (SSSR count). The lowest BCUT2D eigenvalue weighted by atomic mass is 10.1. The first-order valence-corrected chi connectivity index (χ1v) is 11.4. The number of halogens is 1. The SMILES string of the molecule is CCONC(=COc1cccc(CC(OCC)C(=O)OCC)c1)c1cc(-c2ccc(F)cc2)no1. The fourth-order valence-electron chi connectivity index (χ4n) is 3.17. The molecule has 0 spiro atoms. The number of rotatable bonds is 13. The van der Waals surface area contributed by atoms with E-state index in [9.17, 15) is 9.18 Å². The van der Waals surface area contributed by atoms with E-state index >= 15 is 0 Å². The van der Waals surface area contributed by atoms with E-state index in [-0.39, 0.29) is 12.4 Å². The Labute approximate surface area is 203 Å². The summed E-state index contributed by atoms with van der Waals surface area (Å²) in [5, 5.41) is 4.05. The zero-order valence-corrected chi connectivity index (χ0v) is 20.0. The van der Waals surface area contributed by atoms with Crippen LogP contribution in [0.25, 0.3) is 17.0 Å². The van der Waals surface area contributed by atoms with Crippen LogP contribution in [0, 0.1) is 5.82 Å². The molecule has 8 nitrogen and oxygen atoms in total. The van der Waals surface area contributed by atoms with E-state index in [1.165, 1.54) is 18.4 Å². The maximum atomic E-state index is 13.2. The van der Waals surface area contributed by atoms with Gasteiger partial charge in [-0.05, 0) is 62.7 Å². The fourth-order valence-corrected chi connectivity index (χ4v) is 3.17. The molecule has 0 aliphatic rings. The van der Waals surface area contributed by atoms with Crippen LogP contribution in [0.3, 0.4) is 0 Å². The van der Waals surface area contributed by atoms with E-state index in [0.29, 0.717) is 48.1 Å². The monoisotopic (exact) mass is 484 g/mol. The van der Waals surface area contributed by atoms with Gasteiger partial charge in [0, 0.05) is 24.7 Å². The minimum atomic E-state index is -0.694. The minimum Gasteiger partial charge on any atom is -0.464 e. The molecule has 1 heterocycles. The van der Waals surface area contributed by atoms with Crippen LogP contribution in [0.15, 0.2) is 65.4 Å². The number of hydrogen-bond donors (Lipinski definition) is 1. The van der Waals surface area contributed by atoms with Crippen molar-refractivity contribution in [1.82, 2.24) is 10.6 Å². The van der Waals surface area contributed by atoms with Crippen LogP contribution in [0.1, 0.15) is 32.1 Å². The summed E-state index contributed by atoms with van der Waals surface area (Å²) < 4.78 is 35.2. The average molecular weight is 485 g/mol. The number of esters is 1. The number of nitrogens with one attached hydrogen (secondary N) is 1. The maximum absolute atomic E-state index is 13.2. The number of carbonyl (C=O) groups excluding carboxylic acids is 1. The second-order valence-corrected chi connectivity index (χ2v) is 7.32. The van der Waals surface area contributed by atoms with E-state index in [1.54, 1.807) is 31.2 Å². The highest BCUT2D eigenvalue weighted by molar-refractivity contribution is 5.75. The summed E-state index contributed by atoms with van der Waals surface area (Å²) in [5.74, 6) is 0.177. The highest BCUT2D eigenvalue weighted by atomic mass is 19.1. The standard InChI is InChI=1S/C26H29FN2O6/c1-4-31-25(26(30)32-5-2)15-18-8-7-9-21(14-18)33-17-23(28-34-6-3)24-16-22(29-35-24)19-10-12-20(27)13-11-19/h7-14,16-17,25,28H,4-6,15H2,1-3H3. The molecule has 0 aliphatic heterocycles. The molecule has 0 saturated carbocycles. The van der Waals surface area contributed by atoms with Crippen molar-refractivity contribution < 1.29 is 32.8 Å². The molecule has 186 valence electrons. The number of hydroxylamine groups is 1. The van der Waals surface area contributed by atoms with Crippen LogP contribution in [0.4, 0.5) is 4.39 Å². The summed E-state index contributed by atoms with van der Waals surface area (Å²) in [4.78, 5) is 17.5. The molecule has 1 atom stereocenters. The van der Waals surface area contributed by atoms with Gasteiger partial charge in [-0.1, -0.05) is 17.3 Å². The molecular weight excluding hydrogens is 455 g/mol. The smallest absolute Gasteiger partial charge is 0.335 e. The molecule has 0 aliphatic carbocycles. The number of carbonyl (C=O) groups is 1. The van der Waals surface area contributed by atoms with E-state index in [1.807, 2.05) is 32.0 Å². The molecule has 0 fully saturated rings. The summed E-state index contributed by atoms with van der Waals surface area (Å²) in [6.07, 6.45) is 1.09. The highest BCUT2D eigenvalue weighted by Gasteiger charge is 2.20. The molecule has 0 radical (unpaired) electrons. The number of benzene rings is 2. The third kappa shape index (κ3) is 7.66. The van der Waals surface area contributed by atoms with Crippen LogP contribution in [-0.2, 0) is 25.5 Å². The normalized spacial score (nSPS) is 12.3. The Kier molecular flexibility index (Phi) is 9.82. The van der Waals surface area contributed by atoms with Crippen LogP contribution >= 0.6 is 0 Å². The van der Waals surface area contributed by atoms with Gasteiger partial charge in [0.2, 0.25) is 0 Å². The summed E-state index contributed by atoms with van der Waals surface area (Å²) in [6, 6.07) is 14.9. The van der Waals surface area contributed by atoms with Crippen molar-refractivity contribution in [2.45, 2.75) is 33.3 Å². The average Bonchev–Trinajstić information content (AvgIpc) is 3.35. The zero-order valence-electron chi connectivity index (χ0n) is 20.0. The van der Waals surface area contributed by atoms with Crippen LogP contribution in [0.2, 0.25) is 0 Å². The summed E-state index contributed by atoms with van der Waals surface area (Å²) >= 11 is 0. The molecule has 35 heavy (non-hydrogen) atoms. The van der Waals surface area contributed by atoms with Gasteiger partial charge in [0.25, 0.3) is 0 Å². The molecule has 0 saturated heterocycles. The van der Waals surface area contributed by atoms with Gasteiger partial charge in [0.1, 0.15) is 29.2 Å². The molecule has 0 amide bonds. The van der Waals surface area contributed by atoms with Gasteiger partial charge >= 0.3 is 5.97 Å². The first kappa shape index (κ1) is 25.9. The van der Waals surface area contributed by atoms with E-state index < -0.39 is 12.1 Å². The fraction of sp³-hybridized carbons (Fsp3) is 0.308. The second kappa shape index (κ2) is 13.3. The molecule has 0 bridgehead atoms. The number of ether oxygens (including phenoxy) is 3. The quantitative estimate of drug-likeness (QED) is 0.208. The molecule has 9 heteroatoms. The van der Waals surface area contributed by atoms with Gasteiger partial charge in [-0.3, -0.25) is 10.3 Å². The molecule has 3 aromatic rings.